The van der Waals surface area contributed by atoms with Crippen molar-refractivity contribution >= 4 is 47.2 Å². The molecule has 1 aliphatic carbocycles. The molecule has 1 aromatic carbocycles. The number of nitrogens with one attached hydrogen (secondary N) is 3. The third-order valence-corrected chi connectivity index (χ3v) is 5.12. The van der Waals surface area contributed by atoms with Crippen LogP contribution in [-0.4, -0.2) is 37.6 Å². The van der Waals surface area contributed by atoms with Gasteiger partial charge in [-0.1, -0.05) is 18.2 Å². The van der Waals surface area contributed by atoms with Crippen LogP contribution in [0, 0.1) is 0 Å². The third-order valence-electron chi connectivity index (χ3n) is 4.26. The molecule has 1 aromatic heterocycles. The minimum Gasteiger partial charge on any atom is -0.484 e. The summed E-state index contributed by atoms with van der Waals surface area (Å²) in [6, 6.07) is 12.4. The lowest BCUT2D eigenvalue weighted by Gasteiger charge is -2.11. The van der Waals surface area contributed by atoms with Gasteiger partial charge in [0.1, 0.15) is 5.75 Å². The number of rotatable bonds is 10. The van der Waals surface area contributed by atoms with Crippen molar-refractivity contribution in [1.82, 2.24) is 16.0 Å². The Balaban J connectivity index is 0.00000300. The van der Waals surface area contributed by atoms with Crippen LogP contribution in [0.25, 0.3) is 0 Å². The maximum atomic E-state index is 11.7. The molecule has 1 amide bonds. The fourth-order valence-corrected chi connectivity index (χ4v) is 3.25. The number of aliphatic imine (C=N–C) groups is 1. The Morgan fingerprint density at radius 3 is 2.66 bits per heavy atom. The van der Waals surface area contributed by atoms with Crippen molar-refractivity contribution < 1.29 is 9.53 Å². The van der Waals surface area contributed by atoms with Crippen LogP contribution in [0.4, 0.5) is 0 Å². The van der Waals surface area contributed by atoms with Crippen LogP contribution >= 0.6 is 35.3 Å². The van der Waals surface area contributed by atoms with Gasteiger partial charge in [0, 0.05) is 24.0 Å². The highest BCUT2D eigenvalue weighted by atomic mass is 127. The number of nitrogens with zero attached hydrogens (tertiary/aromatic N) is 1. The number of ether oxygens (including phenoxy) is 1. The molecule has 3 rings (SSSR count). The number of hydrogen-bond acceptors (Lipinski definition) is 4. The van der Waals surface area contributed by atoms with E-state index in [9.17, 15) is 4.79 Å². The molecular weight excluding hydrogens is 499 g/mol. The summed E-state index contributed by atoms with van der Waals surface area (Å²) in [4.78, 5) is 17.5. The van der Waals surface area contributed by atoms with E-state index < -0.39 is 0 Å². The number of guanidine groups is 1. The van der Waals surface area contributed by atoms with Crippen LogP contribution in [0.1, 0.15) is 30.2 Å². The molecule has 0 bridgehead atoms. The van der Waals surface area contributed by atoms with E-state index in [1.807, 2.05) is 30.3 Å². The van der Waals surface area contributed by atoms with Gasteiger partial charge in [-0.25, -0.2) is 4.99 Å². The zero-order chi connectivity index (χ0) is 19.6. The lowest BCUT2D eigenvalue weighted by atomic mass is 10.1. The van der Waals surface area contributed by atoms with Gasteiger partial charge in [-0.3, -0.25) is 4.79 Å². The summed E-state index contributed by atoms with van der Waals surface area (Å²) >= 11 is 1.72. The van der Waals surface area contributed by atoms with Crippen LogP contribution in [-0.2, 0) is 17.8 Å². The second-order valence-corrected chi connectivity index (χ2v) is 7.76. The van der Waals surface area contributed by atoms with Crippen LogP contribution in [0.3, 0.4) is 0 Å². The minimum atomic E-state index is -0.0476. The molecule has 0 aliphatic heterocycles. The summed E-state index contributed by atoms with van der Waals surface area (Å²) in [5.41, 5.74) is 1.20. The molecule has 1 fully saturated rings. The molecule has 0 atom stereocenters. The molecule has 158 valence electrons. The van der Waals surface area contributed by atoms with Crippen LogP contribution in [0.2, 0.25) is 0 Å². The maximum Gasteiger partial charge on any atom is 0.258 e. The quantitative estimate of drug-likeness (QED) is 0.251. The van der Waals surface area contributed by atoms with Gasteiger partial charge in [-0.15, -0.1) is 35.3 Å². The van der Waals surface area contributed by atoms with Crippen molar-refractivity contribution in [3.8, 4) is 5.75 Å². The van der Waals surface area contributed by atoms with Crippen molar-refractivity contribution in [2.24, 2.45) is 4.99 Å². The van der Waals surface area contributed by atoms with Crippen molar-refractivity contribution in [3.63, 3.8) is 0 Å². The molecule has 6 nitrogen and oxygen atoms in total. The predicted octanol–water partition coefficient (Wildman–Crippen LogP) is 3.32. The van der Waals surface area contributed by atoms with E-state index >= 15 is 0 Å². The van der Waals surface area contributed by atoms with Crippen LogP contribution < -0.4 is 20.7 Å². The molecule has 0 spiro atoms. The van der Waals surface area contributed by atoms with Crippen molar-refractivity contribution in [1.29, 1.82) is 0 Å². The average Bonchev–Trinajstić information content (AvgIpc) is 3.36. The summed E-state index contributed by atoms with van der Waals surface area (Å²) in [6.07, 6.45) is 3.05. The minimum absolute atomic E-state index is 0. The molecule has 8 heteroatoms. The number of halogens is 1. The Morgan fingerprint density at radius 2 is 2.00 bits per heavy atom. The number of hydrogen-bond donors (Lipinski definition) is 3. The molecular formula is C21H29IN4O2S. The number of benzene rings is 1. The molecule has 0 saturated heterocycles. The van der Waals surface area contributed by atoms with E-state index in [2.05, 4.69) is 39.3 Å². The Kier molecular flexibility index (Phi) is 10.3. The Morgan fingerprint density at radius 1 is 1.21 bits per heavy atom. The monoisotopic (exact) mass is 528 g/mol. The molecule has 0 radical (unpaired) electrons. The van der Waals surface area contributed by atoms with E-state index in [1.165, 1.54) is 10.4 Å². The average molecular weight is 528 g/mol. The highest BCUT2D eigenvalue weighted by molar-refractivity contribution is 14.0. The molecule has 1 heterocycles. The highest BCUT2D eigenvalue weighted by Gasteiger charge is 2.23. The second kappa shape index (κ2) is 12.7. The van der Waals surface area contributed by atoms with Gasteiger partial charge in [0.05, 0.1) is 6.54 Å². The first kappa shape index (κ1) is 23.5. The molecule has 3 N–H and O–H groups in total. The largest absolute Gasteiger partial charge is 0.484 e. The van der Waals surface area contributed by atoms with E-state index in [-0.39, 0.29) is 36.5 Å². The Bertz CT molecular complexity index is 761. The standard InChI is InChI=1S/C21H28N4O2S.HI/c1-2-22-21(24-14-19-4-3-13-28-19)23-12-11-16-5-9-18(10-6-16)27-15-20(26)25-17-7-8-17;/h3-6,9-10,13,17H,2,7-8,11-12,14-15H2,1H3,(H,25,26)(H2,22,23,24);1H. The maximum absolute atomic E-state index is 11.7. The van der Waals surface area contributed by atoms with Crippen molar-refractivity contribution in [2.45, 2.75) is 38.8 Å². The van der Waals surface area contributed by atoms with Gasteiger partial charge in [-0.05, 0) is 55.3 Å². The summed E-state index contributed by atoms with van der Waals surface area (Å²) in [5, 5.41) is 11.6. The molecule has 1 aliphatic rings. The van der Waals surface area contributed by atoms with Gasteiger partial charge in [0.15, 0.2) is 12.6 Å². The van der Waals surface area contributed by atoms with Crippen LogP contribution in [0.5, 0.6) is 5.75 Å². The first-order valence-corrected chi connectivity index (χ1v) is 10.7. The zero-order valence-electron chi connectivity index (χ0n) is 16.6. The van der Waals surface area contributed by atoms with E-state index in [0.717, 1.165) is 38.3 Å². The number of amides is 1. The van der Waals surface area contributed by atoms with Gasteiger partial charge in [0.2, 0.25) is 0 Å². The topological polar surface area (TPSA) is 74.8 Å². The summed E-state index contributed by atoms with van der Waals surface area (Å²) in [7, 11) is 0. The summed E-state index contributed by atoms with van der Waals surface area (Å²) < 4.78 is 5.54. The van der Waals surface area contributed by atoms with Gasteiger partial charge in [-0.2, -0.15) is 0 Å². The lowest BCUT2D eigenvalue weighted by Crippen LogP contribution is -2.38. The fraction of sp³-hybridized carbons (Fsp3) is 0.429. The van der Waals surface area contributed by atoms with E-state index in [0.29, 0.717) is 18.3 Å². The van der Waals surface area contributed by atoms with E-state index in [4.69, 9.17) is 4.74 Å². The first-order valence-electron chi connectivity index (χ1n) is 9.78. The van der Waals surface area contributed by atoms with Gasteiger partial charge in [0.25, 0.3) is 5.91 Å². The van der Waals surface area contributed by atoms with E-state index in [1.54, 1.807) is 11.3 Å². The summed E-state index contributed by atoms with van der Waals surface area (Å²) in [5.74, 6) is 1.50. The summed E-state index contributed by atoms with van der Waals surface area (Å²) in [6.45, 7) is 4.44. The zero-order valence-corrected chi connectivity index (χ0v) is 19.8. The van der Waals surface area contributed by atoms with Gasteiger partial charge < -0.3 is 20.7 Å². The fourth-order valence-electron chi connectivity index (χ4n) is 2.62. The predicted molar refractivity (Wildman–Crippen MR) is 129 cm³/mol. The SMILES string of the molecule is CCNC(=NCc1cccs1)NCCc1ccc(OCC(=O)NC2CC2)cc1.I. The third kappa shape index (κ3) is 9.03. The second-order valence-electron chi connectivity index (χ2n) is 6.73. The molecule has 0 unspecified atom stereocenters. The van der Waals surface area contributed by atoms with Crippen molar-refractivity contribution in [2.75, 3.05) is 19.7 Å². The normalized spacial score (nSPS) is 13.3. The highest BCUT2D eigenvalue weighted by Crippen LogP contribution is 2.18. The Labute approximate surface area is 193 Å². The lowest BCUT2D eigenvalue weighted by molar-refractivity contribution is -0.123. The van der Waals surface area contributed by atoms with Gasteiger partial charge >= 0.3 is 0 Å². The van der Waals surface area contributed by atoms with Crippen LogP contribution in [0.15, 0.2) is 46.8 Å². The number of carbonyl (C=O) groups is 1. The first-order chi connectivity index (χ1) is 13.7. The molecule has 1 saturated carbocycles. The molecule has 2 aromatic rings. The smallest absolute Gasteiger partial charge is 0.258 e. The number of carbonyl (C=O) groups excluding carboxylic acids is 1. The number of thiophene rings is 1. The Hall–Kier alpha value is -1.81. The van der Waals surface area contributed by atoms with Crippen molar-refractivity contribution in [3.05, 3.63) is 52.2 Å². The molecule has 29 heavy (non-hydrogen) atoms.